The van der Waals surface area contributed by atoms with Gasteiger partial charge in [0.1, 0.15) is 11.6 Å². The third-order valence-corrected chi connectivity index (χ3v) is 3.17. The summed E-state index contributed by atoms with van der Waals surface area (Å²) in [7, 11) is 1.90. The lowest BCUT2D eigenvalue weighted by atomic mass is 10.1. The average Bonchev–Trinajstić information content (AvgIpc) is 2.43. The van der Waals surface area contributed by atoms with Gasteiger partial charge in [-0.15, -0.1) is 0 Å². The Morgan fingerprint density at radius 2 is 2.05 bits per heavy atom. The number of aryl methyl sites for hydroxylation is 2. The van der Waals surface area contributed by atoms with E-state index < -0.39 is 0 Å². The minimum Gasteiger partial charge on any atom is -0.439 e. The number of rotatable bonds is 6. The van der Waals surface area contributed by atoms with Crippen LogP contribution in [0.25, 0.3) is 0 Å². The maximum absolute atomic E-state index is 13.6. The molecule has 0 atom stereocenters. The van der Waals surface area contributed by atoms with Gasteiger partial charge in [0.05, 0.1) is 0 Å². The Balaban J connectivity index is 2.26. The average molecular weight is 288 g/mol. The van der Waals surface area contributed by atoms with E-state index in [1.54, 1.807) is 19.1 Å². The lowest BCUT2D eigenvalue weighted by molar-refractivity contribution is 0.454. The maximum atomic E-state index is 13.6. The highest BCUT2D eigenvalue weighted by Crippen LogP contribution is 2.23. The first-order chi connectivity index (χ1) is 10.1. The van der Waals surface area contributed by atoms with Crippen LogP contribution >= 0.6 is 0 Å². The van der Waals surface area contributed by atoms with Crippen LogP contribution in [0.2, 0.25) is 0 Å². The highest BCUT2D eigenvalue weighted by molar-refractivity contribution is 5.33. The summed E-state index contributed by atoms with van der Waals surface area (Å²) in [5.41, 5.74) is 2.71. The van der Waals surface area contributed by atoms with E-state index in [4.69, 9.17) is 4.74 Å². The molecular weight excluding hydrogens is 267 g/mol. The quantitative estimate of drug-likeness (QED) is 0.872. The van der Waals surface area contributed by atoms with Crippen LogP contribution in [0.1, 0.15) is 30.2 Å². The highest BCUT2D eigenvalue weighted by Gasteiger charge is 2.06. The first-order valence-electron chi connectivity index (χ1n) is 7.20. The third-order valence-electron chi connectivity index (χ3n) is 3.17. The topological polar surface area (TPSA) is 34.1 Å². The van der Waals surface area contributed by atoms with Crippen molar-refractivity contribution < 1.29 is 9.13 Å². The molecule has 0 radical (unpaired) electrons. The summed E-state index contributed by atoms with van der Waals surface area (Å²) in [6.07, 6.45) is 1.92. The number of benzene rings is 1. The highest BCUT2D eigenvalue weighted by atomic mass is 19.1. The molecule has 3 nitrogen and oxygen atoms in total. The van der Waals surface area contributed by atoms with Crippen LogP contribution in [0.5, 0.6) is 11.6 Å². The summed E-state index contributed by atoms with van der Waals surface area (Å²) in [6, 6.07) is 8.80. The second-order valence-corrected chi connectivity index (χ2v) is 5.10. The van der Waals surface area contributed by atoms with Crippen molar-refractivity contribution in [2.45, 2.75) is 33.2 Å². The number of ether oxygens (including phenoxy) is 1. The molecule has 0 saturated carbocycles. The number of nitrogens with one attached hydrogen (secondary N) is 1. The molecule has 2 rings (SSSR count). The summed E-state index contributed by atoms with van der Waals surface area (Å²) in [5.74, 6) is 0.705. The summed E-state index contributed by atoms with van der Waals surface area (Å²) < 4.78 is 19.3. The molecule has 0 fully saturated rings. The molecular formula is C17H21FN2O. The minimum atomic E-state index is -0.271. The predicted molar refractivity (Wildman–Crippen MR) is 82.2 cm³/mol. The van der Waals surface area contributed by atoms with Gasteiger partial charge in [0.2, 0.25) is 5.88 Å². The van der Waals surface area contributed by atoms with E-state index in [9.17, 15) is 4.39 Å². The fraction of sp³-hybridized carbons (Fsp3) is 0.353. The van der Waals surface area contributed by atoms with Gasteiger partial charge in [-0.25, -0.2) is 9.37 Å². The fourth-order valence-electron chi connectivity index (χ4n) is 2.12. The molecule has 1 heterocycles. The van der Waals surface area contributed by atoms with Crippen molar-refractivity contribution in [2.75, 3.05) is 7.05 Å². The van der Waals surface area contributed by atoms with E-state index >= 15 is 0 Å². The van der Waals surface area contributed by atoms with Crippen molar-refractivity contribution >= 4 is 0 Å². The standard InChI is InChI=1S/C17H21FN2O/c1-4-5-14-8-13(11-19-3)9-17(20-14)21-15-7-6-12(2)16(18)10-15/h6-10,19H,4-5,11H2,1-3H3. The monoisotopic (exact) mass is 288 g/mol. The zero-order valence-corrected chi connectivity index (χ0v) is 12.7. The molecule has 2 aromatic rings. The number of nitrogens with zero attached hydrogens (tertiary/aromatic N) is 1. The molecule has 4 heteroatoms. The van der Waals surface area contributed by atoms with Crippen LogP contribution in [0.15, 0.2) is 30.3 Å². The molecule has 0 aliphatic heterocycles. The molecule has 0 bridgehead atoms. The minimum absolute atomic E-state index is 0.271. The molecule has 0 aliphatic rings. The van der Waals surface area contributed by atoms with Crippen molar-refractivity contribution in [3.05, 3.63) is 53.0 Å². The molecule has 1 N–H and O–H groups in total. The van der Waals surface area contributed by atoms with Gasteiger partial charge >= 0.3 is 0 Å². The first-order valence-corrected chi connectivity index (χ1v) is 7.20. The van der Waals surface area contributed by atoms with Crippen molar-refractivity contribution in [1.82, 2.24) is 10.3 Å². The molecule has 0 spiro atoms. The van der Waals surface area contributed by atoms with Gasteiger partial charge < -0.3 is 10.1 Å². The number of hydrogen-bond acceptors (Lipinski definition) is 3. The van der Waals surface area contributed by atoms with Crippen molar-refractivity contribution in [3.63, 3.8) is 0 Å². The Bertz CT molecular complexity index is 589. The first kappa shape index (κ1) is 15.4. The SMILES string of the molecule is CCCc1cc(CNC)cc(Oc2ccc(C)c(F)c2)n1. The van der Waals surface area contributed by atoms with Gasteiger partial charge in [0.25, 0.3) is 0 Å². The smallest absolute Gasteiger partial charge is 0.219 e. The van der Waals surface area contributed by atoms with E-state index in [2.05, 4.69) is 23.3 Å². The van der Waals surface area contributed by atoms with Gasteiger partial charge in [0, 0.05) is 24.4 Å². The van der Waals surface area contributed by atoms with Crippen LogP contribution in [-0.4, -0.2) is 12.0 Å². The van der Waals surface area contributed by atoms with Crippen molar-refractivity contribution in [3.8, 4) is 11.6 Å². The molecule has 0 saturated heterocycles. The lowest BCUT2D eigenvalue weighted by Gasteiger charge is -2.10. The normalized spacial score (nSPS) is 10.7. The van der Waals surface area contributed by atoms with E-state index in [1.165, 1.54) is 6.07 Å². The van der Waals surface area contributed by atoms with Crippen LogP contribution in [0.3, 0.4) is 0 Å². The second kappa shape index (κ2) is 7.18. The number of hydrogen-bond donors (Lipinski definition) is 1. The zero-order chi connectivity index (χ0) is 15.2. The summed E-state index contributed by atoms with van der Waals surface area (Å²) in [5, 5.41) is 3.12. The van der Waals surface area contributed by atoms with Crippen LogP contribution in [0, 0.1) is 12.7 Å². The van der Waals surface area contributed by atoms with Gasteiger partial charge in [-0.1, -0.05) is 19.4 Å². The molecule has 0 aliphatic carbocycles. The largest absolute Gasteiger partial charge is 0.439 e. The van der Waals surface area contributed by atoms with Crippen LogP contribution in [0.4, 0.5) is 4.39 Å². The van der Waals surface area contributed by atoms with Gasteiger partial charge in [-0.05, 0) is 43.7 Å². The zero-order valence-electron chi connectivity index (χ0n) is 12.7. The Morgan fingerprint density at radius 3 is 2.71 bits per heavy atom. The second-order valence-electron chi connectivity index (χ2n) is 5.10. The molecule has 21 heavy (non-hydrogen) atoms. The fourth-order valence-corrected chi connectivity index (χ4v) is 2.12. The summed E-state index contributed by atoms with van der Waals surface area (Å²) in [6.45, 7) is 4.59. The Kier molecular flexibility index (Phi) is 5.28. The molecule has 0 unspecified atom stereocenters. The van der Waals surface area contributed by atoms with E-state index in [-0.39, 0.29) is 5.82 Å². The molecule has 1 aromatic carbocycles. The van der Waals surface area contributed by atoms with Crippen LogP contribution < -0.4 is 10.1 Å². The Labute approximate surface area is 125 Å². The number of halogens is 1. The molecule has 0 amide bonds. The Morgan fingerprint density at radius 1 is 1.24 bits per heavy atom. The van der Waals surface area contributed by atoms with Gasteiger partial charge in [-0.2, -0.15) is 0 Å². The molecule has 112 valence electrons. The number of aromatic nitrogens is 1. The van der Waals surface area contributed by atoms with Crippen molar-refractivity contribution in [2.24, 2.45) is 0 Å². The van der Waals surface area contributed by atoms with E-state index in [0.29, 0.717) is 17.2 Å². The Hall–Kier alpha value is -1.94. The van der Waals surface area contributed by atoms with Crippen LogP contribution in [-0.2, 0) is 13.0 Å². The molecule has 1 aromatic heterocycles. The predicted octanol–water partition coefficient (Wildman–Crippen LogP) is 3.99. The van der Waals surface area contributed by atoms with Gasteiger partial charge in [0.15, 0.2) is 0 Å². The third kappa shape index (κ3) is 4.26. The van der Waals surface area contributed by atoms with E-state index in [1.807, 2.05) is 13.1 Å². The summed E-state index contributed by atoms with van der Waals surface area (Å²) >= 11 is 0. The van der Waals surface area contributed by atoms with E-state index in [0.717, 1.165) is 30.6 Å². The van der Waals surface area contributed by atoms with Crippen molar-refractivity contribution in [1.29, 1.82) is 0 Å². The lowest BCUT2D eigenvalue weighted by Crippen LogP contribution is -2.06. The number of pyridine rings is 1. The summed E-state index contributed by atoms with van der Waals surface area (Å²) in [4.78, 5) is 4.48. The maximum Gasteiger partial charge on any atom is 0.219 e. The van der Waals surface area contributed by atoms with Gasteiger partial charge in [-0.3, -0.25) is 0 Å².